The second kappa shape index (κ2) is 5.56. The van der Waals surface area contributed by atoms with Crippen LogP contribution in [0.5, 0.6) is 0 Å². The maximum Gasteiger partial charge on any atom is 0.182 e. The molecular formula is C18H19BrO2. The minimum Gasteiger partial charge on any atom is -0.364 e. The summed E-state index contributed by atoms with van der Waals surface area (Å²) in [7, 11) is 0. The molecule has 2 aromatic rings. The lowest BCUT2D eigenvalue weighted by atomic mass is 9.86. The van der Waals surface area contributed by atoms with Crippen LogP contribution < -0.4 is 0 Å². The minimum absolute atomic E-state index is 0.0959. The lowest BCUT2D eigenvalue weighted by molar-refractivity contribution is -0.151. The smallest absolute Gasteiger partial charge is 0.182 e. The molecule has 2 unspecified atom stereocenters. The van der Waals surface area contributed by atoms with Crippen LogP contribution in [0.15, 0.2) is 34.8 Å². The Morgan fingerprint density at radius 2 is 1.71 bits per heavy atom. The van der Waals surface area contributed by atoms with Crippen molar-refractivity contribution in [3.63, 3.8) is 0 Å². The number of rotatable bonds is 1. The highest BCUT2D eigenvalue weighted by Crippen LogP contribution is 2.42. The number of aliphatic hydroxyl groups excluding tert-OH is 1. The van der Waals surface area contributed by atoms with Gasteiger partial charge in [0.1, 0.15) is 0 Å². The Balaban J connectivity index is 2.10. The Kier molecular flexibility index (Phi) is 3.91. The topological polar surface area (TPSA) is 29.5 Å². The Morgan fingerprint density at radius 3 is 2.38 bits per heavy atom. The third kappa shape index (κ3) is 2.44. The van der Waals surface area contributed by atoms with E-state index in [2.05, 4.69) is 29.8 Å². The number of benzene rings is 2. The predicted molar refractivity (Wildman–Crippen MR) is 87.3 cm³/mol. The molecule has 2 nitrogen and oxygen atoms in total. The van der Waals surface area contributed by atoms with Crippen LogP contribution in [0.4, 0.5) is 0 Å². The zero-order chi connectivity index (χ0) is 15.1. The number of halogens is 1. The molecular weight excluding hydrogens is 328 g/mol. The zero-order valence-corrected chi connectivity index (χ0v) is 14.1. The second-order valence-corrected chi connectivity index (χ2v) is 6.47. The van der Waals surface area contributed by atoms with Crippen LogP contribution in [0.25, 0.3) is 0 Å². The summed E-state index contributed by atoms with van der Waals surface area (Å²) >= 11 is 3.68. The summed E-state index contributed by atoms with van der Waals surface area (Å²) in [5.41, 5.74) is 6.75. The number of ether oxygens (including phenoxy) is 1. The van der Waals surface area contributed by atoms with Crippen molar-refractivity contribution in [2.24, 2.45) is 0 Å². The highest BCUT2D eigenvalue weighted by atomic mass is 79.9. The van der Waals surface area contributed by atoms with Crippen LogP contribution in [0.2, 0.25) is 0 Å². The normalized spacial score (nSPS) is 21.2. The number of aliphatic hydroxyl groups is 1. The van der Waals surface area contributed by atoms with Crippen LogP contribution >= 0.6 is 15.9 Å². The average molecular weight is 347 g/mol. The van der Waals surface area contributed by atoms with Gasteiger partial charge in [-0.1, -0.05) is 46.3 Å². The fourth-order valence-electron chi connectivity index (χ4n) is 3.13. The molecule has 3 rings (SSSR count). The summed E-state index contributed by atoms with van der Waals surface area (Å²) in [4.78, 5) is 0. The van der Waals surface area contributed by atoms with Gasteiger partial charge < -0.3 is 9.84 Å². The van der Waals surface area contributed by atoms with Crippen molar-refractivity contribution in [2.75, 3.05) is 0 Å². The minimum atomic E-state index is -0.857. The van der Waals surface area contributed by atoms with Gasteiger partial charge in [-0.2, -0.15) is 0 Å². The first kappa shape index (κ1) is 14.8. The van der Waals surface area contributed by atoms with Crippen LogP contribution in [0.3, 0.4) is 0 Å². The maximum atomic E-state index is 10.5. The lowest BCUT2D eigenvalue weighted by Crippen LogP contribution is -2.23. The van der Waals surface area contributed by atoms with E-state index in [1.54, 1.807) is 0 Å². The lowest BCUT2D eigenvalue weighted by Gasteiger charge is -2.33. The summed E-state index contributed by atoms with van der Waals surface area (Å²) in [5, 5.41) is 10.5. The molecule has 21 heavy (non-hydrogen) atoms. The van der Waals surface area contributed by atoms with Gasteiger partial charge in [0, 0.05) is 16.5 Å². The standard InChI is InChI=1S/C18H19BrO2/c1-10-11(2)17(19)12(3)14-9-15(21-18(20)16(10)14)13-7-5-4-6-8-13/h4-8,15,18,20H,9H2,1-3H3. The molecule has 2 aromatic carbocycles. The first-order chi connectivity index (χ1) is 10.0. The van der Waals surface area contributed by atoms with E-state index in [-0.39, 0.29) is 6.10 Å². The van der Waals surface area contributed by atoms with E-state index >= 15 is 0 Å². The van der Waals surface area contributed by atoms with Crippen molar-refractivity contribution in [2.45, 2.75) is 39.6 Å². The molecule has 1 heterocycles. The summed E-state index contributed by atoms with van der Waals surface area (Å²) in [6.45, 7) is 6.23. The molecule has 1 aliphatic rings. The molecule has 0 aromatic heterocycles. The second-order valence-electron chi connectivity index (χ2n) is 5.67. The zero-order valence-electron chi connectivity index (χ0n) is 12.5. The highest BCUT2D eigenvalue weighted by Gasteiger charge is 2.31. The van der Waals surface area contributed by atoms with E-state index in [9.17, 15) is 5.11 Å². The van der Waals surface area contributed by atoms with Gasteiger partial charge in [0.15, 0.2) is 6.29 Å². The summed E-state index contributed by atoms with van der Waals surface area (Å²) in [6, 6.07) is 10.1. The third-order valence-corrected chi connectivity index (χ3v) is 5.69. The summed E-state index contributed by atoms with van der Waals surface area (Å²) in [6.07, 6.45) is -0.159. The van der Waals surface area contributed by atoms with Gasteiger partial charge in [-0.25, -0.2) is 0 Å². The van der Waals surface area contributed by atoms with Gasteiger partial charge in [0.25, 0.3) is 0 Å². The summed E-state index contributed by atoms with van der Waals surface area (Å²) < 4.78 is 7.01. The highest BCUT2D eigenvalue weighted by molar-refractivity contribution is 9.10. The molecule has 1 aliphatic heterocycles. The molecule has 0 saturated carbocycles. The Labute approximate surface area is 133 Å². The molecule has 3 heteroatoms. The van der Waals surface area contributed by atoms with Crippen LogP contribution in [0, 0.1) is 20.8 Å². The first-order valence-corrected chi connectivity index (χ1v) is 7.96. The molecule has 1 N–H and O–H groups in total. The maximum absolute atomic E-state index is 10.5. The van der Waals surface area contributed by atoms with Crippen molar-refractivity contribution in [1.82, 2.24) is 0 Å². The Bertz CT molecular complexity index is 680. The summed E-state index contributed by atoms with van der Waals surface area (Å²) in [5.74, 6) is 0. The van der Waals surface area contributed by atoms with E-state index < -0.39 is 6.29 Å². The van der Waals surface area contributed by atoms with Crippen molar-refractivity contribution >= 4 is 15.9 Å². The van der Waals surface area contributed by atoms with Crippen LogP contribution in [0.1, 0.15) is 45.8 Å². The molecule has 0 aliphatic carbocycles. The fraction of sp³-hybridized carbons (Fsp3) is 0.333. The molecule has 110 valence electrons. The molecule has 0 amide bonds. The number of hydrogen-bond acceptors (Lipinski definition) is 2. The average Bonchev–Trinajstić information content (AvgIpc) is 2.51. The molecule has 0 spiro atoms. The quantitative estimate of drug-likeness (QED) is 0.812. The Hall–Kier alpha value is -1.16. The van der Waals surface area contributed by atoms with Gasteiger partial charge >= 0.3 is 0 Å². The van der Waals surface area contributed by atoms with E-state index in [1.165, 1.54) is 16.7 Å². The van der Waals surface area contributed by atoms with E-state index in [4.69, 9.17) is 4.74 Å². The van der Waals surface area contributed by atoms with Crippen molar-refractivity contribution in [1.29, 1.82) is 0 Å². The molecule has 2 atom stereocenters. The largest absolute Gasteiger partial charge is 0.364 e. The van der Waals surface area contributed by atoms with Crippen molar-refractivity contribution in [3.05, 3.63) is 68.2 Å². The Morgan fingerprint density at radius 1 is 1.05 bits per heavy atom. The van der Waals surface area contributed by atoms with Gasteiger partial charge in [-0.3, -0.25) is 0 Å². The van der Waals surface area contributed by atoms with Gasteiger partial charge in [0.2, 0.25) is 0 Å². The van der Waals surface area contributed by atoms with Gasteiger partial charge in [-0.05, 0) is 48.6 Å². The van der Waals surface area contributed by atoms with Crippen molar-refractivity contribution in [3.8, 4) is 0 Å². The van der Waals surface area contributed by atoms with Gasteiger partial charge in [0.05, 0.1) is 6.10 Å². The number of hydrogen-bond donors (Lipinski definition) is 1. The number of fused-ring (bicyclic) bond motifs is 1. The first-order valence-electron chi connectivity index (χ1n) is 7.17. The molecule has 0 radical (unpaired) electrons. The van der Waals surface area contributed by atoms with Crippen molar-refractivity contribution < 1.29 is 9.84 Å². The van der Waals surface area contributed by atoms with Crippen LogP contribution in [-0.2, 0) is 11.2 Å². The van der Waals surface area contributed by atoms with Gasteiger partial charge in [-0.15, -0.1) is 0 Å². The van der Waals surface area contributed by atoms with E-state index in [0.29, 0.717) is 0 Å². The van der Waals surface area contributed by atoms with Crippen LogP contribution in [-0.4, -0.2) is 5.11 Å². The predicted octanol–water partition coefficient (Wildman–Crippen LogP) is 4.68. The van der Waals surface area contributed by atoms with E-state index in [0.717, 1.165) is 27.6 Å². The molecule has 0 saturated heterocycles. The molecule has 0 bridgehead atoms. The SMILES string of the molecule is Cc1c(C)c2c(c(C)c1Br)CC(c1ccccc1)OC2O. The van der Waals surface area contributed by atoms with E-state index in [1.807, 2.05) is 37.3 Å². The molecule has 0 fully saturated rings. The third-order valence-electron chi connectivity index (χ3n) is 4.50. The fourth-order valence-corrected chi connectivity index (χ4v) is 3.66. The monoisotopic (exact) mass is 346 g/mol.